The Kier molecular flexibility index (Phi) is 4.46. The first-order valence-electron chi connectivity index (χ1n) is 6.16. The number of carbonyl (C=O) groups excluding carboxylic acids is 2. The molecule has 0 amide bonds. The second kappa shape index (κ2) is 6.09. The first-order chi connectivity index (χ1) is 9.15. The van der Waals surface area contributed by atoms with Crippen molar-refractivity contribution in [2.24, 2.45) is 0 Å². The molecule has 0 N–H and O–H groups in total. The Hall–Kier alpha value is -1.50. The van der Waals surface area contributed by atoms with Crippen molar-refractivity contribution in [3.8, 4) is 0 Å². The third-order valence-electron chi connectivity index (χ3n) is 2.67. The van der Waals surface area contributed by atoms with Crippen molar-refractivity contribution in [3.05, 3.63) is 34.9 Å². The summed E-state index contributed by atoms with van der Waals surface area (Å²) in [6, 6.07) is 5.74. The molecule has 0 atom stereocenters. The maximum absolute atomic E-state index is 11.5. The quantitative estimate of drug-likeness (QED) is 0.450. The minimum Gasteiger partial charge on any atom is -0.393 e. The van der Waals surface area contributed by atoms with Gasteiger partial charge in [-0.15, -0.1) is 0 Å². The van der Waals surface area contributed by atoms with Crippen LogP contribution in [0, 0.1) is 0 Å². The van der Waals surface area contributed by atoms with Gasteiger partial charge in [0.25, 0.3) is 0 Å². The van der Waals surface area contributed by atoms with E-state index in [2.05, 4.69) is 4.74 Å². The van der Waals surface area contributed by atoms with E-state index in [0.717, 1.165) is 5.56 Å². The molecule has 1 aromatic rings. The van der Waals surface area contributed by atoms with Crippen molar-refractivity contribution in [3.63, 3.8) is 0 Å². The fourth-order valence-corrected chi connectivity index (χ4v) is 3.36. The highest BCUT2D eigenvalue weighted by Gasteiger charge is 2.30. The van der Waals surface area contributed by atoms with Crippen LogP contribution >= 0.6 is 0 Å². The summed E-state index contributed by atoms with van der Waals surface area (Å²) in [5.74, 6) is -1.16. The van der Waals surface area contributed by atoms with Gasteiger partial charge in [-0.25, -0.2) is 9.59 Å². The lowest BCUT2D eigenvalue weighted by Crippen LogP contribution is -2.26. The highest BCUT2D eigenvalue weighted by molar-refractivity contribution is 6.43. The Labute approximate surface area is 113 Å². The molecular weight excluding hydrogens is 264 g/mol. The highest BCUT2D eigenvalue weighted by atomic mass is 28.3. The van der Waals surface area contributed by atoms with Crippen molar-refractivity contribution >= 4 is 21.2 Å². The van der Waals surface area contributed by atoms with Gasteiger partial charge in [-0.05, 0) is 31.5 Å². The molecule has 0 saturated carbocycles. The summed E-state index contributed by atoms with van der Waals surface area (Å²) in [5, 5.41) is 0. The third kappa shape index (κ3) is 3.09. The predicted molar refractivity (Wildman–Crippen MR) is 68.9 cm³/mol. The van der Waals surface area contributed by atoms with Gasteiger partial charge in [0.1, 0.15) is 0 Å². The highest BCUT2D eigenvalue weighted by Crippen LogP contribution is 2.21. The largest absolute Gasteiger partial charge is 0.393 e. The van der Waals surface area contributed by atoms with E-state index in [1.54, 1.807) is 18.2 Å². The normalized spacial score (nSPS) is 13.8. The van der Waals surface area contributed by atoms with Crippen LogP contribution in [0.1, 0.15) is 40.1 Å². The average molecular weight is 279 g/mol. The number of cyclic esters (lactones) is 2. The Morgan fingerprint density at radius 3 is 2.32 bits per heavy atom. The molecule has 0 unspecified atom stereocenters. The predicted octanol–water partition coefficient (Wildman–Crippen LogP) is 1.64. The SMILES string of the molecule is CCO[Si](Cc1ccc2c(c1)C(=O)OC2=O)OCC. The number of hydrogen-bond acceptors (Lipinski definition) is 5. The van der Waals surface area contributed by atoms with Crippen molar-refractivity contribution in [1.82, 2.24) is 0 Å². The standard InChI is InChI=1S/C13H15O5Si/c1-3-16-19(17-4-2)8-9-5-6-10-11(7-9)13(15)18-12(10)14/h5-7H,3-4,8H2,1-2H3. The van der Waals surface area contributed by atoms with Crippen LogP contribution in [-0.4, -0.2) is 34.4 Å². The molecule has 0 saturated heterocycles. The molecule has 19 heavy (non-hydrogen) atoms. The van der Waals surface area contributed by atoms with Crippen molar-refractivity contribution in [1.29, 1.82) is 0 Å². The van der Waals surface area contributed by atoms with Crippen molar-refractivity contribution in [2.45, 2.75) is 19.9 Å². The second-order valence-corrected chi connectivity index (χ2v) is 5.65. The molecule has 0 fully saturated rings. The Balaban J connectivity index is 2.16. The summed E-state index contributed by atoms with van der Waals surface area (Å²) in [6.07, 6.45) is 0. The average Bonchev–Trinajstić information content (AvgIpc) is 2.65. The molecule has 1 aromatic carbocycles. The molecular formula is C13H15O5Si. The monoisotopic (exact) mass is 279 g/mol. The summed E-state index contributed by atoms with van der Waals surface area (Å²) in [5.41, 5.74) is 1.58. The van der Waals surface area contributed by atoms with Crippen LogP contribution in [-0.2, 0) is 19.6 Å². The molecule has 0 aromatic heterocycles. The van der Waals surface area contributed by atoms with E-state index in [9.17, 15) is 9.59 Å². The van der Waals surface area contributed by atoms with Gasteiger partial charge in [0.2, 0.25) is 0 Å². The first-order valence-corrected chi connectivity index (χ1v) is 7.69. The smallest absolute Gasteiger partial charge is 0.389 e. The molecule has 0 bridgehead atoms. The third-order valence-corrected chi connectivity index (χ3v) is 4.59. The lowest BCUT2D eigenvalue weighted by molar-refractivity contribution is 0.0443. The molecule has 1 aliphatic rings. The molecule has 0 spiro atoms. The van der Waals surface area contributed by atoms with Crippen LogP contribution in [0.5, 0.6) is 0 Å². The van der Waals surface area contributed by atoms with E-state index in [4.69, 9.17) is 8.85 Å². The van der Waals surface area contributed by atoms with Gasteiger partial charge in [-0.2, -0.15) is 0 Å². The maximum Gasteiger partial charge on any atom is 0.389 e. The summed E-state index contributed by atoms with van der Waals surface area (Å²) in [6.45, 7) is 5.03. The van der Waals surface area contributed by atoms with Crippen LogP contribution in [0.4, 0.5) is 0 Å². The Morgan fingerprint density at radius 2 is 1.68 bits per heavy atom. The van der Waals surface area contributed by atoms with Crippen LogP contribution in [0.3, 0.4) is 0 Å². The van der Waals surface area contributed by atoms with Gasteiger partial charge in [-0.3, -0.25) is 0 Å². The molecule has 2 rings (SSSR count). The molecule has 5 nitrogen and oxygen atoms in total. The summed E-state index contributed by atoms with van der Waals surface area (Å²) in [7, 11) is -1.38. The van der Waals surface area contributed by atoms with E-state index < -0.39 is 21.2 Å². The minimum absolute atomic E-state index is 0.329. The van der Waals surface area contributed by atoms with Crippen LogP contribution < -0.4 is 0 Å². The van der Waals surface area contributed by atoms with E-state index >= 15 is 0 Å². The number of benzene rings is 1. The molecule has 6 heteroatoms. The van der Waals surface area contributed by atoms with Crippen LogP contribution in [0.2, 0.25) is 0 Å². The number of hydrogen-bond donors (Lipinski definition) is 0. The lowest BCUT2D eigenvalue weighted by Gasteiger charge is -2.13. The Bertz CT molecular complexity index is 494. The number of carbonyl (C=O) groups is 2. The minimum atomic E-state index is -1.38. The number of esters is 2. The molecule has 101 valence electrons. The molecule has 1 radical (unpaired) electrons. The second-order valence-electron chi connectivity index (χ2n) is 3.97. The van der Waals surface area contributed by atoms with E-state index in [-0.39, 0.29) is 0 Å². The van der Waals surface area contributed by atoms with Crippen molar-refractivity contribution < 1.29 is 23.2 Å². The fraction of sp³-hybridized carbons (Fsp3) is 0.385. The van der Waals surface area contributed by atoms with Crippen LogP contribution in [0.15, 0.2) is 18.2 Å². The Morgan fingerprint density at radius 1 is 1.05 bits per heavy atom. The van der Waals surface area contributed by atoms with Gasteiger partial charge in [0.15, 0.2) is 0 Å². The summed E-state index contributed by atoms with van der Waals surface area (Å²) < 4.78 is 15.7. The molecule has 1 heterocycles. The lowest BCUT2D eigenvalue weighted by atomic mass is 10.1. The van der Waals surface area contributed by atoms with Gasteiger partial charge in [0.05, 0.1) is 11.1 Å². The van der Waals surface area contributed by atoms with Gasteiger partial charge in [-0.1, -0.05) is 6.07 Å². The summed E-state index contributed by atoms with van der Waals surface area (Å²) in [4.78, 5) is 22.8. The topological polar surface area (TPSA) is 61.8 Å². The maximum atomic E-state index is 11.5. The number of fused-ring (bicyclic) bond motifs is 1. The number of ether oxygens (including phenoxy) is 1. The fourth-order valence-electron chi connectivity index (χ4n) is 1.87. The molecule has 0 aliphatic carbocycles. The van der Waals surface area contributed by atoms with Gasteiger partial charge < -0.3 is 13.6 Å². The zero-order valence-electron chi connectivity index (χ0n) is 10.9. The summed E-state index contributed by atoms with van der Waals surface area (Å²) >= 11 is 0. The van der Waals surface area contributed by atoms with Crippen molar-refractivity contribution in [2.75, 3.05) is 13.2 Å². The zero-order valence-corrected chi connectivity index (χ0v) is 11.9. The van der Waals surface area contributed by atoms with Gasteiger partial charge >= 0.3 is 21.2 Å². The van der Waals surface area contributed by atoms with E-state index in [1.165, 1.54) is 0 Å². The molecule has 1 aliphatic heterocycles. The van der Waals surface area contributed by atoms with E-state index in [0.29, 0.717) is 30.4 Å². The van der Waals surface area contributed by atoms with Gasteiger partial charge in [0, 0.05) is 19.3 Å². The first kappa shape index (κ1) is 13.9. The van der Waals surface area contributed by atoms with Crippen LogP contribution in [0.25, 0.3) is 0 Å². The van der Waals surface area contributed by atoms with E-state index in [1.807, 2.05) is 13.8 Å². The zero-order chi connectivity index (χ0) is 13.8. The number of rotatable bonds is 6.